The first-order valence-corrected chi connectivity index (χ1v) is 9.29. The molecule has 1 saturated heterocycles. The SMILES string of the molecule is COC(=O)C(ON1C(C)(C)CCCC1(C)C)c1cccc2ccccc12. The van der Waals surface area contributed by atoms with Crippen LogP contribution in [0.4, 0.5) is 0 Å². The first kappa shape index (κ1) is 18.9. The fourth-order valence-electron chi connectivity index (χ4n) is 4.18. The third kappa shape index (κ3) is 3.49. The summed E-state index contributed by atoms with van der Waals surface area (Å²) >= 11 is 0. The van der Waals surface area contributed by atoms with E-state index in [9.17, 15) is 4.79 Å². The predicted molar refractivity (Wildman–Crippen MR) is 104 cm³/mol. The lowest BCUT2D eigenvalue weighted by molar-refractivity contribution is -0.304. The molecule has 0 saturated carbocycles. The van der Waals surface area contributed by atoms with Crippen molar-refractivity contribution in [3.8, 4) is 0 Å². The molecule has 0 radical (unpaired) electrons. The maximum Gasteiger partial charge on any atom is 0.341 e. The Morgan fingerprint density at radius 3 is 2.27 bits per heavy atom. The lowest BCUT2D eigenvalue weighted by atomic mass is 9.82. The van der Waals surface area contributed by atoms with Gasteiger partial charge in [-0.3, -0.25) is 4.84 Å². The molecule has 1 aliphatic heterocycles. The molecule has 1 atom stereocenters. The number of methoxy groups -OCH3 is 1. The Kier molecular flexibility index (Phi) is 5.09. The Labute approximate surface area is 156 Å². The summed E-state index contributed by atoms with van der Waals surface area (Å²) in [5.41, 5.74) is 0.532. The van der Waals surface area contributed by atoms with Gasteiger partial charge in [0.15, 0.2) is 0 Å². The van der Waals surface area contributed by atoms with Crippen LogP contribution in [0.3, 0.4) is 0 Å². The molecule has 0 aromatic heterocycles. The van der Waals surface area contributed by atoms with Crippen molar-refractivity contribution in [1.82, 2.24) is 5.06 Å². The van der Waals surface area contributed by atoms with Crippen LogP contribution in [-0.4, -0.2) is 29.2 Å². The van der Waals surface area contributed by atoms with Gasteiger partial charge in [0.25, 0.3) is 0 Å². The van der Waals surface area contributed by atoms with Crippen molar-refractivity contribution in [2.75, 3.05) is 7.11 Å². The molecule has 2 aromatic carbocycles. The van der Waals surface area contributed by atoms with Crippen molar-refractivity contribution in [2.45, 2.75) is 64.1 Å². The van der Waals surface area contributed by atoms with Crippen LogP contribution in [0.15, 0.2) is 42.5 Å². The third-order valence-electron chi connectivity index (χ3n) is 5.41. The number of fused-ring (bicyclic) bond motifs is 1. The second kappa shape index (κ2) is 7.01. The molecule has 1 fully saturated rings. The smallest absolute Gasteiger partial charge is 0.341 e. The molecule has 2 aromatic rings. The minimum Gasteiger partial charge on any atom is -0.467 e. The fraction of sp³-hybridized carbons (Fsp3) is 0.500. The minimum absolute atomic E-state index is 0.154. The highest BCUT2D eigenvalue weighted by molar-refractivity contribution is 5.90. The monoisotopic (exact) mass is 355 g/mol. The number of carbonyl (C=O) groups excluding carboxylic acids is 1. The largest absolute Gasteiger partial charge is 0.467 e. The predicted octanol–water partition coefficient (Wildman–Crippen LogP) is 5.03. The van der Waals surface area contributed by atoms with Gasteiger partial charge in [-0.05, 0) is 57.7 Å². The van der Waals surface area contributed by atoms with E-state index in [0.29, 0.717) is 0 Å². The van der Waals surface area contributed by atoms with Crippen molar-refractivity contribution in [3.05, 3.63) is 48.0 Å². The normalized spacial score (nSPS) is 20.7. The highest BCUT2D eigenvalue weighted by Gasteiger charge is 2.45. The fourth-order valence-corrected chi connectivity index (χ4v) is 4.18. The second-order valence-corrected chi connectivity index (χ2v) is 8.35. The molecule has 140 valence electrons. The number of ether oxygens (including phenoxy) is 1. The van der Waals surface area contributed by atoms with Gasteiger partial charge < -0.3 is 4.74 Å². The van der Waals surface area contributed by atoms with Crippen molar-refractivity contribution in [3.63, 3.8) is 0 Å². The summed E-state index contributed by atoms with van der Waals surface area (Å²) in [7, 11) is 1.41. The van der Waals surface area contributed by atoms with E-state index in [4.69, 9.17) is 9.57 Å². The summed E-state index contributed by atoms with van der Waals surface area (Å²) in [5, 5.41) is 4.12. The number of nitrogens with zero attached hydrogens (tertiary/aromatic N) is 1. The number of hydroxylamine groups is 2. The van der Waals surface area contributed by atoms with Crippen molar-refractivity contribution in [2.24, 2.45) is 0 Å². The number of carbonyl (C=O) groups is 1. The Bertz CT molecular complexity index is 776. The quantitative estimate of drug-likeness (QED) is 0.721. The maximum absolute atomic E-state index is 12.7. The van der Waals surface area contributed by atoms with Gasteiger partial charge in [-0.15, -0.1) is 0 Å². The van der Waals surface area contributed by atoms with Gasteiger partial charge in [0.1, 0.15) is 0 Å². The zero-order chi connectivity index (χ0) is 18.9. The Morgan fingerprint density at radius 2 is 1.62 bits per heavy atom. The molecule has 0 amide bonds. The molecule has 0 bridgehead atoms. The van der Waals surface area contributed by atoms with Gasteiger partial charge in [-0.2, -0.15) is 5.06 Å². The van der Waals surface area contributed by atoms with E-state index >= 15 is 0 Å². The van der Waals surface area contributed by atoms with Gasteiger partial charge in [0.05, 0.1) is 7.11 Å². The number of hydrogen-bond donors (Lipinski definition) is 0. The molecular weight excluding hydrogens is 326 g/mol. The summed E-state index contributed by atoms with van der Waals surface area (Å²) in [5.74, 6) is -0.376. The van der Waals surface area contributed by atoms with Gasteiger partial charge in [-0.25, -0.2) is 4.79 Å². The lowest BCUT2D eigenvalue weighted by Gasteiger charge is -2.52. The van der Waals surface area contributed by atoms with Gasteiger partial charge in [-0.1, -0.05) is 42.5 Å². The van der Waals surface area contributed by atoms with Crippen molar-refractivity contribution < 1.29 is 14.4 Å². The number of rotatable bonds is 4. The summed E-state index contributed by atoms with van der Waals surface area (Å²) in [6, 6.07) is 14.0. The first-order chi connectivity index (χ1) is 12.3. The molecular formula is C22H29NO3. The molecule has 4 heteroatoms. The van der Waals surface area contributed by atoms with E-state index < -0.39 is 6.10 Å². The lowest BCUT2D eigenvalue weighted by Crippen LogP contribution is -2.58. The Morgan fingerprint density at radius 1 is 1.00 bits per heavy atom. The van der Waals surface area contributed by atoms with Crippen LogP contribution in [0.25, 0.3) is 10.8 Å². The average Bonchev–Trinajstić information content (AvgIpc) is 2.60. The standard InChI is InChI=1S/C22H29NO3/c1-21(2)14-9-15-22(3,4)23(21)26-19(20(24)25-5)18-13-8-11-16-10-6-7-12-17(16)18/h6-8,10-13,19H,9,14-15H2,1-5H3. The third-order valence-corrected chi connectivity index (χ3v) is 5.41. The molecule has 1 aliphatic rings. The highest BCUT2D eigenvalue weighted by atomic mass is 16.7. The van der Waals surface area contributed by atoms with Crippen molar-refractivity contribution >= 4 is 16.7 Å². The van der Waals surface area contributed by atoms with E-state index in [2.05, 4.69) is 27.7 Å². The average molecular weight is 355 g/mol. The van der Waals surface area contributed by atoms with E-state index in [1.54, 1.807) is 0 Å². The molecule has 0 aliphatic carbocycles. The first-order valence-electron chi connectivity index (χ1n) is 9.29. The number of benzene rings is 2. The van der Waals surface area contributed by atoms with E-state index in [-0.39, 0.29) is 17.0 Å². The van der Waals surface area contributed by atoms with Gasteiger partial charge >= 0.3 is 5.97 Å². The van der Waals surface area contributed by atoms with Crippen LogP contribution >= 0.6 is 0 Å². The van der Waals surface area contributed by atoms with Gasteiger partial charge in [0.2, 0.25) is 6.10 Å². The number of esters is 1. The van der Waals surface area contributed by atoms with E-state index in [1.807, 2.05) is 47.5 Å². The molecule has 0 N–H and O–H groups in total. The molecule has 3 rings (SSSR count). The minimum atomic E-state index is -0.789. The summed E-state index contributed by atoms with van der Waals surface area (Å²) < 4.78 is 5.10. The van der Waals surface area contributed by atoms with Crippen LogP contribution in [0, 0.1) is 0 Å². The van der Waals surface area contributed by atoms with Gasteiger partial charge in [0, 0.05) is 16.6 Å². The number of hydrogen-bond acceptors (Lipinski definition) is 4. The number of piperidine rings is 1. The molecule has 0 spiro atoms. The highest BCUT2D eigenvalue weighted by Crippen LogP contribution is 2.41. The maximum atomic E-state index is 12.7. The Balaban J connectivity index is 2.05. The summed E-state index contributed by atoms with van der Waals surface area (Å²) in [6.45, 7) is 8.69. The van der Waals surface area contributed by atoms with Crippen LogP contribution in [-0.2, 0) is 14.4 Å². The van der Waals surface area contributed by atoms with Crippen molar-refractivity contribution in [1.29, 1.82) is 0 Å². The molecule has 4 nitrogen and oxygen atoms in total. The summed E-state index contributed by atoms with van der Waals surface area (Å²) in [4.78, 5) is 19.1. The summed E-state index contributed by atoms with van der Waals surface area (Å²) in [6.07, 6.45) is 2.42. The van der Waals surface area contributed by atoms with E-state index in [0.717, 1.165) is 35.6 Å². The Hall–Kier alpha value is -1.91. The zero-order valence-electron chi connectivity index (χ0n) is 16.4. The molecule has 1 unspecified atom stereocenters. The molecule has 26 heavy (non-hydrogen) atoms. The van der Waals surface area contributed by atoms with Crippen LogP contribution in [0.5, 0.6) is 0 Å². The van der Waals surface area contributed by atoms with E-state index in [1.165, 1.54) is 7.11 Å². The zero-order valence-corrected chi connectivity index (χ0v) is 16.4. The van der Waals surface area contributed by atoms with Crippen LogP contribution in [0.2, 0.25) is 0 Å². The second-order valence-electron chi connectivity index (χ2n) is 8.35. The molecule has 1 heterocycles. The topological polar surface area (TPSA) is 38.8 Å². The van der Waals surface area contributed by atoms with Crippen LogP contribution in [0.1, 0.15) is 58.6 Å². The van der Waals surface area contributed by atoms with Crippen LogP contribution < -0.4 is 0 Å².